The van der Waals surface area contributed by atoms with Crippen molar-refractivity contribution < 1.29 is 0 Å². The fourth-order valence-corrected chi connectivity index (χ4v) is 0.932. The van der Waals surface area contributed by atoms with Crippen molar-refractivity contribution in [2.75, 3.05) is 0 Å². The molecule has 0 fully saturated rings. The molecule has 0 N–H and O–H groups in total. The zero-order valence-electron chi connectivity index (χ0n) is 8.35. The number of rotatable bonds is 3. The third-order valence-corrected chi connectivity index (χ3v) is 1.84. The van der Waals surface area contributed by atoms with Gasteiger partial charge in [0.15, 0.2) is 0 Å². The van der Waals surface area contributed by atoms with Gasteiger partial charge in [-0.15, -0.1) is 24.2 Å². The highest BCUT2D eigenvalue weighted by molar-refractivity contribution is 5.02. The van der Waals surface area contributed by atoms with E-state index in [1.165, 1.54) is 0 Å². The van der Waals surface area contributed by atoms with Crippen LogP contribution < -0.4 is 0 Å². The summed E-state index contributed by atoms with van der Waals surface area (Å²) in [6, 6.07) is 0. The van der Waals surface area contributed by atoms with Gasteiger partial charge in [0.1, 0.15) is 0 Å². The van der Waals surface area contributed by atoms with E-state index in [-0.39, 0.29) is 0 Å². The molecular weight excluding hydrogens is 144 g/mol. The van der Waals surface area contributed by atoms with E-state index in [1.807, 2.05) is 0 Å². The summed E-state index contributed by atoms with van der Waals surface area (Å²) in [6.45, 7) is 6.32. The van der Waals surface area contributed by atoms with E-state index in [2.05, 4.69) is 38.5 Å². The van der Waals surface area contributed by atoms with Crippen molar-refractivity contribution in [3.05, 3.63) is 0 Å². The molecule has 0 saturated heterocycles. The first kappa shape index (κ1) is 11.1. The van der Waals surface area contributed by atoms with Crippen molar-refractivity contribution in [1.29, 1.82) is 0 Å². The van der Waals surface area contributed by atoms with Gasteiger partial charge < -0.3 is 0 Å². The quantitative estimate of drug-likeness (QED) is 0.559. The summed E-state index contributed by atoms with van der Waals surface area (Å²) in [4.78, 5) is 0. The highest BCUT2D eigenvalue weighted by Gasteiger charge is 2.00. The Balaban J connectivity index is 3.58. The van der Waals surface area contributed by atoms with Gasteiger partial charge in [-0.1, -0.05) is 20.8 Å². The molecule has 66 valence electrons. The van der Waals surface area contributed by atoms with Gasteiger partial charge >= 0.3 is 0 Å². The summed E-state index contributed by atoms with van der Waals surface area (Å²) in [6.07, 6.45) is 8.44. The lowest BCUT2D eigenvalue weighted by Gasteiger charge is -2.05. The van der Waals surface area contributed by atoms with Crippen molar-refractivity contribution in [2.24, 2.45) is 11.8 Å². The van der Waals surface area contributed by atoms with Crippen LogP contribution in [-0.2, 0) is 0 Å². The number of terminal acetylenes is 1. The first-order valence-corrected chi connectivity index (χ1v) is 4.65. The summed E-state index contributed by atoms with van der Waals surface area (Å²) >= 11 is 0. The molecule has 0 bridgehead atoms. The van der Waals surface area contributed by atoms with Gasteiger partial charge in [0.05, 0.1) is 0 Å². The summed E-state index contributed by atoms with van der Waals surface area (Å²) < 4.78 is 0. The monoisotopic (exact) mass is 162 g/mol. The Morgan fingerprint density at radius 2 is 1.75 bits per heavy atom. The second kappa shape index (κ2) is 6.81. The topological polar surface area (TPSA) is 0 Å². The molecule has 0 aliphatic carbocycles. The van der Waals surface area contributed by atoms with E-state index in [1.54, 1.807) is 0 Å². The average Bonchev–Trinajstić information content (AvgIpc) is 2.10. The molecule has 2 unspecified atom stereocenters. The maximum Gasteiger partial charge on any atom is 0.0175 e. The van der Waals surface area contributed by atoms with E-state index in [0.717, 1.165) is 19.3 Å². The molecule has 12 heavy (non-hydrogen) atoms. The largest absolute Gasteiger partial charge is 0.120 e. The van der Waals surface area contributed by atoms with Crippen molar-refractivity contribution in [3.63, 3.8) is 0 Å². The Hall–Kier alpha value is -0.880. The Kier molecular flexibility index (Phi) is 6.31. The Morgan fingerprint density at radius 1 is 1.17 bits per heavy atom. The molecule has 0 aliphatic rings. The fraction of sp³-hybridized carbons (Fsp3) is 0.667. The maximum absolute atomic E-state index is 5.27. The Bertz CT molecular complexity index is 196. The predicted molar refractivity (Wildman–Crippen MR) is 54.5 cm³/mol. The average molecular weight is 162 g/mol. The SMILES string of the molecule is C#CC(C)CCC(C)C#CCC. The molecule has 0 spiro atoms. The lowest BCUT2D eigenvalue weighted by Crippen LogP contribution is -1.96. The van der Waals surface area contributed by atoms with Crippen molar-refractivity contribution in [3.8, 4) is 24.2 Å². The molecule has 2 atom stereocenters. The smallest absolute Gasteiger partial charge is 0.0175 e. The summed E-state index contributed by atoms with van der Waals surface area (Å²) in [5.74, 6) is 9.91. The second-order valence-corrected chi connectivity index (χ2v) is 3.22. The van der Waals surface area contributed by atoms with Crippen molar-refractivity contribution in [1.82, 2.24) is 0 Å². The molecule has 0 aliphatic heterocycles. The molecule has 0 rings (SSSR count). The highest BCUT2D eigenvalue weighted by atomic mass is 14.0. The normalized spacial score (nSPS) is 13.8. The van der Waals surface area contributed by atoms with Crippen LogP contribution in [0, 0.1) is 36.0 Å². The van der Waals surface area contributed by atoms with Gasteiger partial charge in [-0.05, 0) is 12.8 Å². The third kappa shape index (κ3) is 5.87. The molecule has 0 heteroatoms. The van der Waals surface area contributed by atoms with Crippen LogP contribution in [0.1, 0.15) is 40.0 Å². The van der Waals surface area contributed by atoms with E-state index in [4.69, 9.17) is 6.42 Å². The molecule has 0 amide bonds. The molecule has 0 saturated carbocycles. The lowest BCUT2D eigenvalue weighted by molar-refractivity contribution is 0.556. The number of hydrogen-bond acceptors (Lipinski definition) is 0. The first-order valence-electron chi connectivity index (χ1n) is 4.65. The standard InChI is InChI=1S/C12H18/c1-5-7-8-12(4)10-9-11(3)6-2/h2,11-12H,5,9-10H2,1,3-4H3. The zero-order chi connectivity index (χ0) is 9.40. The van der Waals surface area contributed by atoms with Gasteiger partial charge in [0, 0.05) is 18.3 Å². The van der Waals surface area contributed by atoms with Gasteiger partial charge in [-0.3, -0.25) is 0 Å². The Labute approximate surface area is 76.8 Å². The van der Waals surface area contributed by atoms with Crippen LogP contribution in [0.4, 0.5) is 0 Å². The van der Waals surface area contributed by atoms with E-state index < -0.39 is 0 Å². The van der Waals surface area contributed by atoms with E-state index in [9.17, 15) is 0 Å². The van der Waals surface area contributed by atoms with Crippen molar-refractivity contribution >= 4 is 0 Å². The summed E-state index contributed by atoms with van der Waals surface area (Å²) in [5.41, 5.74) is 0. The van der Waals surface area contributed by atoms with Gasteiger partial charge in [-0.2, -0.15) is 0 Å². The van der Waals surface area contributed by atoms with Gasteiger partial charge in [-0.25, -0.2) is 0 Å². The highest BCUT2D eigenvalue weighted by Crippen LogP contribution is 2.10. The van der Waals surface area contributed by atoms with Crippen LogP contribution in [0.5, 0.6) is 0 Å². The second-order valence-electron chi connectivity index (χ2n) is 3.22. The predicted octanol–water partition coefficient (Wildman–Crippen LogP) is 3.09. The van der Waals surface area contributed by atoms with Crippen LogP contribution in [-0.4, -0.2) is 0 Å². The van der Waals surface area contributed by atoms with Gasteiger partial charge in [0.2, 0.25) is 0 Å². The molecular formula is C12H18. The van der Waals surface area contributed by atoms with Crippen LogP contribution in [0.15, 0.2) is 0 Å². The maximum atomic E-state index is 5.27. The minimum Gasteiger partial charge on any atom is -0.120 e. The van der Waals surface area contributed by atoms with Crippen LogP contribution >= 0.6 is 0 Å². The van der Waals surface area contributed by atoms with E-state index in [0.29, 0.717) is 11.8 Å². The van der Waals surface area contributed by atoms with Crippen LogP contribution in [0.3, 0.4) is 0 Å². The lowest BCUT2D eigenvalue weighted by atomic mass is 9.99. The minimum absolute atomic E-state index is 0.399. The van der Waals surface area contributed by atoms with E-state index >= 15 is 0 Å². The molecule has 0 aromatic rings. The van der Waals surface area contributed by atoms with Gasteiger partial charge in [0.25, 0.3) is 0 Å². The molecule has 0 radical (unpaired) electrons. The molecule has 0 aromatic carbocycles. The molecule has 0 aromatic heterocycles. The zero-order valence-corrected chi connectivity index (χ0v) is 8.35. The molecule has 0 nitrogen and oxygen atoms in total. The van der Waals surface area contributed by atoms with Crippen LogP contribution in [0.2, 0.25) is 0 Å². The van der Waals surface area contributed by atoms with Crippen LogP contribution in [0.25, 0.3) is 0 Å². The first-order chi connectivity index (χ1) is 5.70. The van der Waals surface area contributed by atoms with Crippen molar-refractivity contribution in [2.45, 2.75) is 40.0 Å². The summed E-state index contributed by atoms with van der Waals surface area (Å²) in [7, 11) is 0. The fourth-order valence-electron chi connectivity index (χ4n) is 0.932. The minimum atomic E-state index is 0.399. The third-order valence-electron chi connectivity index (χ3n) is 1.84. The summed E-state index contributed by atoms with van der Waals surface area (Å²) in [5, 5.41) is 0. The number of hydrogen-bond donors (Lipinski definition) is 0. The molecule has 0 heterocycles. The Morgan fingerprint density at radius 3 is 2.25 bits per heavy atom.